The average Bonchev–Trinajstić information content (AvgIpc) is 2.66. The quantitative estimate of drug-likeness (QED) is 0.775. The normalized spacial score (nSPS) is 16.0. The van der Waals surface area contributed by atoms with Gasteiger partial charge in [0.05, 0.1) is 7.11 Å². The maximum Gasteiger partial charge on any atom is 0.122 e. The topological polar surface area (TPSA) is 15.7 Å². The third kappa shape index (κ3) is 4.66. The molecule has 2 aromatic carbocycles. The van der Waals surface area contributed by atoms with Gasteiger partial charge in [0.1, 0.15) is 5.75 Å². The van der Waals surface area contributed by atoms with Gasteiger partial charge in [0.2, 0.25) is 0 Å². The number of ether oxygens (including phenoxy) is 1. The molecular formula is C23H32N2O. The summed E-state index contributed by atoms with van der Waals surface area (Å²) < 4.78 is 5.44. The van der Waals surface area contributed by atoms with Gasteiger partial charge < -0.3 is 4.74 Å². The van der Waals surface area contributed by atoms with Crippen molar-refractivity contribution in [2.75, 3.05) is 33.3 Å². The average molecular weight is 353 g/mol. The van der Waals surface area contributed by atoms with E-state index in [1.807, 2.05) is 0 Å². The molecule has 1 aliphatic heterocycles. The van der Waals surface area contributed by atoms with Gasteiger partial charge in [-0.2, -0.15) is 0 Å². The second-order valence-corrected chi connectivity index (χ2v) is 7.47. The van der Waals surface area contributed by atoms with Crippen molar-refractivity contribution in [2.24, 2.45) is 0 Å². The lowest BCUT2D eigenvalue weighted by Gasteiger charge is -2.35. The van der Waals surface area contributed by atoms with Crippen LogP contribution in [0.5, 0.6) is 5.75 Å². The highest BCUT2D eigenvalue weighted by molar-refractivity contribution is 5.41. The molecule has 0 N–H and O–H groups in total. The molecule has 0 aromatic heterocycles. The number of rotatable bonds is 6. The second-order valence-electron chi connectivity index (χ2n) is 7.47. The van der Waals surface area contributed by atoms with Crippen molar-refractivity contribution >= 4 is 0 Å². The Hall–Kier alpha value is -1.84. The zero-order valence-corrected chi connectivity index (χ0v) is 16.7. The molecule has 1 heterocycles. The smallest absolute Gasteiger partial charge is 0.122 e. The maximum atomic E-state index is 5.44. The number of hydrogen-bond donors (Lipinski definition) is 0. The fourth-order valence-corrected chi connectivity index (χ4v) is 3.72. The van der Waals surface area contributed by atoms with E-state index in [-0.39, 0.29) is 0 Å². The molecule has 26 heavy (non-hydrogen) atoms. The Kier molecular flexibility index (Phi) is 6.33. The van der Waals surface area contributed by atoms with Gasteiger partial charge in [-0.15, -0.1) is 0 Å². The van der Waals surface area contributed by atoms with Crippen molar-refractivity contribution in [1.82, 2.24) is 9.80 Å². The third-order valence-corrected chi connectivity index (χ3v) is 5.55. The maximum absolute atomic E-state index is 5.44. The van der Waals surface area contributed by atoms with Crippen LogP contribution in [0.4, 0.5) is 0 Å². The summed E-state index contributed by atoms with van der Waals surface area (Å²) in [6.45, 7) is 13.2. The zero-order valence-electron chi connectivity index (χ0n) is 16.7. The third-order valence-electron chi connectivity index (χ3n) is 5.55. The van der Waals surface area contributed by atoms with Crippen molar-refractivity contribution in [3.05, 3.63) is 64.2 Å². The summed E-state index contributed by atoms with van der Waals surface area (Å²) >= 11 is 0. The Labute approximate surface area is 158 Å². The molecule has 0 spiro atoms. The van der Waals surface area contributed by atoms with E-state index in [2.05, 4.69) is 67.0 Å². The van der Waals surface area contributed by atoms with Gasteiger partial charge in [-0.05, 0) is 54.2 Å². The first-order valence-electron chi connectivity index (χ1n) is 9.75. The number of piperazine rings is 1. The van der Waals surface area contributed by atoms with Crippen LogP contribution in [0.3, 0.4) is 0 Å². The highest BCUT2D eigenvalue weighted by atomic mass is 16.5. The van der Waals surface area contributed by atoms with Crippen molar-refractivity contribution < 1.29 is 4.74 Å². The first-order chi connectivity index (χ1) is 12.6. The monoisotopic (exact) mass is 352 g/mol. The Morgan fingerprint density at radius 3 is 1.96 bits per heavy atom. The van der Waals surface area contributed by atoms with E-state index in [4.69, 9.17) is 4.74 Å². The molecule has 0 unspecified atom stereocenters. The molecule has 0 amide bonds. The molecule has 0 saturated carbocycles. The number of nitrogens with zero attached hydrogens (tertiary/aromatic N) is 2. The molecule has 2 aromatic rings. The van der Waals surface area contributed by atoms with Crippen LogP contribution in [-0.2, 0) is 19.5 Å². The number of benzene rings is 2. The summed E-state index contributed by atoms with van der Waals surface area (Å²) in [6, 6.07) is 13.6. The van der Waals surface area contributed by atoms with Crippen molar-refractivity contribution in [3.8, 4) is 5.75 Å². The van der Waals surface area contributed by atoms with E-state index in [1.54, 1.807) is 7.11 Å². The summed E-state index contributed by atoms with van der Waals surface area (Å²) in [7, 11) is 1.75. The number of methoxy groups -OCH3 is 1. The molecule has 0 radical (unpaired) electrons. The van der Waals surface area contributed by atoms with E-state index >= 15 is 0 Å². The standard InChI is InChI=1S/C23H32N2O/c1-5-20-6-8-21(9-7-20)16-24-10-12-25(13-11-24)17-22-14-19(3)23(26-4)15-18(22)2/h6-9,14-15H,5,10-13,16-17H2,1-4H3. The molecule has 140 valence electrons. The number of hydrogen-bond acceptors (Lipinski definition) is 3. The van der Waals surface area contributed by atoms with E-state index in [0.717, 1.165) is 51.4 Å². The molecule has 0 aliphatic carbocycles. The van der Waals surface area contributed by atoms with E-state index in [1.165, 1.54) is 27.8 Å². The largest absolute Gasteiger partial charge is 0.496 e. The molecule has 1 saturated heterocycles. The Morgan fingerprint density at radius 2 is 1.38 bits per heavy atom. The fraction of sp³-hybridized carbons (Fsp3) is 0.478. The summed E-state index contributed by atoms with van der Waals surface area (Å²) in [4.78, 5) is 5.15. The van der Waals surface area contributed by atoms with Crippen LogP contribution in [0.25, 0.3) is 0 Å². The first kappa shape index (κ1) is 18.9. The van der Waals surface area contributed by atoms with Gasteiger partial charge in [0.15, 0.2) is 0 Å². The predicted octanol–water partition coefficient (Wildman–Crippen LogP) is 4.19. The van der Waals surface area contributed by atoms with Crippen molar-refractivity contribution in [1.29, 1.82) is 0 Å². The van der Waals surface area contributed by atoms with Gasteiger partial charge in [-0.3, -0.25) is 9.80 Å². The van der Waals surface area contributed by atoms with Gasteiger partial charge in [0, 0.05) is 39.3 Å². The highest BCUT2D eigenvalue weighted by Gasteiger charge is 2.18. The first-order valence-corrected chi connectivity index (χ1v) is 9.75. The Bertz CT molecular complexity index is 716. The van der Waals surface area contributed by atoms with Crippen molar-refractivity contribution in [2.45, 2.75) is 40.3 Å². The molecule has 3 nitrogen and oxygen atoms in total. The lowest BCUT2D eigenvalue weighted by Crippen LogP contribution is -2.45. The number of aryl methyl sites for hydroxylation is 3. The molecule has 1 aliphatic rings. The van der Waals surface area contributed by atoms with Gasteiger partial charge in [0.25, 0.3) is 0 Å². The zero-order chi connectivity index (χ0) is 18.5. The fourth-order valence-electron chi connectivity index (χ4n) is 3.72. The molecule has 0 atom stereocenters. The predicted molar refractivity (Wildman–Crippen MR) is 109 cm³/mol. The van der Waals surface area contributed by atoms with Gasteiger partial charge >= 0.3 is 0 Å². The van der Waals surface area contributed by atoms with Crippen LogP contribution in [0.2, 0.25) is 0 Å². The van der Waals surface area contributed by atoms with Crippen LogP contribution in [0.1, 0.15) is 34.7 Å². The minimum absolute atomic E-state index is 0.991. The van der Waals surface area contributed by atoms with Crippen LogP contribution in [-0.4, -0.2) is 43.1 Å². The lowest BCUT2D eigenvalue weighted by molar-refractivity contribution is 0.122. The molecule has 3 rings (SSSR count). The summed E-state index contributed by atoms with van der Waals surface area (Å²) in [5.41, 5.74) is 6.82. The van der Waals surface area contributed by atoms with Gasteiger partial charge in [-0.25, -0.2) is 0 Å². The Morgan fingerprint density at radius 1 is 0.808 bits per heavy atom. The minimum atomic E-state index is 0.991. The summed E-state index contributed by atoms with van der Waals surface area (Å²) in [6.07, 6.45) is 1.11. The van der Waals surface area contributed by atoms with Crippen LogP contribution < -0.4 is 4.74 Å². The second kappa shape index (κ2) is 8.70. The highest BCUT2D eigenvalue weighted by Crippen LogP contribution is 2.24. The summed E-state index contributed by atoms with van der Waals surface area (Å²) in [5.74, 6) is 0.991. The molecule has 0 bridgehead atoms. The van der Waals surface area contributed by atoms with E-state index in [9.17, 15) is 0 Å². The summed E-state index contributed by atoms with van der Waals surface area (Å²) in [5, 5.41) is 0. The van der Waals surface area contributed by atoms with Crippen molar-refractivity contribution in [3.63, 3.8) is 0 Å². The molecular weight excluding hydrogens is 320 g/mol. The molecule has 1 fully saturated rings. The SMILES string of the molecule is CCc1ccc(CN2CCN(Cc3cc(C)c(OC)cc3C)CC2)cc1. The van der Waals surface area contributed by atoms with E-state index < -0.39 is 0 Å². The minimum Gasteiger partial charge on any atom is -0.496 e. The Balaban J connectivity index is 1.53. The van der Waals surface area contributed by atoms with Gasteiger partial charge in [-0.1, -0.05) is 37.3 Å². The van der Waals surface area contributed by atoms with E-state index in [0.29, 0.717) is 0 Å². The van der Waals surface area contributed by atoms with Crippen LogP contribution in [0, 0.1) is 13.8 Å². The van der Waals surface area contributed by atoms with Crippen LogP contribution >= 0.6 is 0 Å². The lowest BCUT2D eigenvalue weighted by atomic mass is 10.0. The molecule has 3 heteroatoms. The van der Waals surface area contributed by atoms with Crippen LogP contribution in [0.15, 0.2) is 36.4 Å².